The third kappa shape index (κ3) is 6.48. The molecule has 2 heterocycles. The zero-order valence-corrected chi connectivity index (χ0v) is 20.9. The molecule has 0 aliphatic carbocycles. The van der Waals surface area contributed by atoms with Crippen LogP contribution in [-0.4, -0.2) is 46.3 Å². The van der Waals surface area contributed by atoms with Gasteiger partial charge in [0.05, 0.1) is 10.7 Å². The molecular formula is C26H27N3O3S2. The molecule has 2 aromatic carbocycles. The number of benzene rings is 2. The van der Waals surface area contributed by atoms with E-state index in [1.54, 1.807) is 29.5 Å². The highest BCUT2D eigenvalue weighted by Gasteiger charge is 2.19. The van der Waals surface area contributed by atoms with Gasteiger partial charge in [-0.15, -0.1) is 11.3 Å². The SMILES string of the molecule is Cc1nc(COc2ccc(/C=C/C(=O)Nc3ccc(C(=O)N4CCSCC4)cc3C)cc2)cs1. The van der Waals surface area contributed by atoms with E-state index in [2.05, 4.69) is 10.3 Å². The molecular weight excluding hydrogens is 466 g/mol. The standard InChI is InChI=1S/C26H27N3O3S2/c1-18-15-21(26(31)29-11-13-33-14-12-29)6-9-24(18)28-25(30)10-5-20-3-7-23(8-4-20)32-16-22-17-34-19(2)27-22/h3-10,15,17H,11-14,16H2,1-2H3,(H,28,30)/b10-5+. The van der Waals surface area contributed by atoms with Crippen molar-refractivity contribution < 1.29 is 14.3 Å². The molecule has 1 fully saturated rings. The number of ether oxygens (including phenoxy) is 1. The second-order valence-corrected chi connectivity index (χ2v) is 10.3. The maximum Gasteiger partial charge on any atom is 0.253 e. The predicted molar refractivity (Wildman–Crippen MR) is 140 cm³/mol. The minimum Gasteiger partial charge on any atom is -0.487 e. The zero-order chi connectivity index (χ0) is 23.9. The van der Waals surface area contributed by atoms with Crippen LogP contribution in [0, 0.1) is 13.8 Å². The number of rotatable bonds is 7. The summed E-state index contributed by atoms with van der Waals surface area (Å²) in [7, 11) is 0. The van der Waals surface area contributed by atoms with Gasteiger partial charge in [0, 0.05) is 47.3 Å². The lowest BCUT2D eigenvalue weighted by molar-refractivity contribution is -0.111. The highest BCUT2D eigenvalue weighted by molar-refractivity contribution is 7.99. The summed E-state index contributed by atoms with van der Waals surface area (Å²) in [5.74, 6) is 2.53. The molecule has 3 aromatic rings. The van der Waals surface area contributed by atoms with Crippen LogP contribution in [0.15, 0.2) is 53.9 Å². The van der Waals surface area contributed by atoms with Gasteiger partial charge in [-0.3, -0.25) is 9.59 Å². The van der Waals surface area contributed by atoms with Gasteiger partial charge in [0.25, 0.3) is 5.91 Å². The lowest BCUT2D eigenvalue weighted by Gasteiger charge is -2.26. The van der Waals surface area contributed by atoms with Crippen LogP contribution in [0.25, 0.3) is 6.08 Å². The Labute approximate surface area is 208 Å². The topological polar surface area (TPSA) is 71.5 Å². The van der Waals surface area contributed by atoms with E-state index >= 15 is 0 Å². The molecule has 2 amide bonds. The molecule has 0 bridgehead atoms. The lowest BCUT2D eigenvalue weighted by Crippen LogP contribution is -2.37. The number of aryl methyl sites for hydroxylation is 2. The first-order valence-electron chi connectivity index (χ1n) is 11.1. The number of hydrogen-bond acceptors (Lipinski definition) is 6. The van der Waals surface area contributed by atoms with Crippen LogP contribution in [0.1, 0.15) is 32.2 Å². The summed E-state index contributed by atoms with van der Waals surface area (Å²) in [6.45, 7) is 5.87. The van der Waals surface area contributed by atoms with Crippen molar-refractivity contribution in [2.45, 2.75) is 20.5 Å². The summed E-state index contributed by atoms with van der Waals surface area (Å²) in [5, 5.41) is 5.91. The maximum atomic E-state index is 12.7. The van der Waals surface area contributed by atoms with Crippen LogP contribution in [0.3, 0.4) is 0 Å². The van der Waals surface area contributed by atoms with E-state index < -0.39 is 0 Å². The first kappa shape index (κ1) is 24.0. The first-order chi connectivity index (χ1) is 16.5. The Morgan fingerprint density at radius 1 is 1.12 bits per heavy atom. The molecule has 8 heteroatoms. The van der Waals surface area contributed by atoms with Gasteiger partial charge in [0.15, 0.2) is 0 Å². The Morgan fingerprint density at radius 2 is 1.88 bits per heavy atom. The number of amides is 2. The van der Waals surface area contributed by atoms with Crippen LogP contribution in [0.2, 0.25) is 0 Å². The van der Waals surface area contributed by atoms with Gasteiger partial charge in [-0.25, -0.2) is 4.98 Å². The normalized spacial score (nSPS) is 13.8. The first-order valence-corrected chi connectivity index (χ1v) is 13.1. The Balaban J connectivity index is 1.30. The van der Waals surface area contributed by atoms with Crippen molar-refractivity contribution in [3.63, 3.8) is 0 Å². The van der Waals surface area contributed by atoms with Crippen LogP contribution >= 0.6 is 23.1 Å². The van der Waals surface area contributed by atoms with Crippen molar-refractivity contribution >= 4 is 46.7 Å². The number of nitrogens with one attached hydrogen (secondary N) is 1. The monoisotopic (exact) mass is 493 g/mol. The molecule has 1 saturated heterocycles. The van der Waals surface area contributed by atoms with Crippen molar-refractivity contribution in [3.8, 4) is 5.75 Å². The number of thioether (sulfide) groups is 1. The second kappa shape index (κ2) is 11.4. The van der Waals surface area contributed by atoms with Crippen LogP contribution in [0.4, 0.5) is 5.69 Å². The molecule has 1 N–H and O–H groups in total. The zero-order valence-electron chi connectivity index (χ0n) is 19.2. The summed E-state index contributed by atoms with van der Waals surface area (Å²) in [5.41, 5.74) is 4.02. The fourth-order valence-electron chi connectivity index (χ4n) is 3.54. The van der Waals surface area contributed by atoms with E-state index in [1.807, 2.05) is 66.2 Å². The van der Waals surface area contributed by atoms with Crippen molar-refractivity contribution in [2.24, 2.45) is 0 Å². The van der Waals surface area contributed by atoms with Crippen LogP contribution in [-0.2, 0) is 11.4 Å². The molecule has 0 atom stereocenters. The molecule has 0 radical (unpaired) electrons. The molecule has 34 heavy (non-hydrogen) atoms. The van der Waals surface area contributed by atoms with Gasteiger partial charge in [0.2, 0.25) is 5.91 Å². The van der Waals surface area contributed by atoms with E-state index in [1.165, 1.54) is 6.08 Å². The van der Waals surface area contributed by atoms with Crippen molar-refractivity contribution in [1.82, 2.24) is 9.88 Å². The summed E-state index contributed by atoms with van der Waals surface area (Å²) in [4.78, 5) is 31.4. The molecule has 1 aliphatic heterocycles. The van der Waals surface area contributed by atoms with Crippen LogP contribution in [0.5, 0.6) is 5.75 Å². The predicted octanol–water partition coefficient (Wildman–Crippen LogP) is 5.18. The minimum absolute atomic E-state index is 0.0512. The summed E-state index contributed by atoms with van der Waals surface area (Å²) in [6, 6.07) is 13.0. The molecule has 0 spiro atoms. The van der Waals surface area contributed by atoms with E-state index in [0.717, 1.165) is 52.2 Å². The Hall–Kier alpha value is -3.10. The Bertz CT molecular complexity index is 1180. The minimum atomic E-state index is -0.227. The van der Waals surface area contributed by atoms with Gasteiger partial charge < -0.3 is 15.0 Å². The van der Waals surface area contributed by atoms with Gasteiger partial charge in [-0.1, -0.05) is 12.1 Å². The Morgan fingerprint density at radius 3 is 2.56 bits per heavy atom. The van der Waals surface area contributed by atoms with Crippen molar-refractivity contribution in [2.75, 3.05) is 29.9 Å². The average Bonchev–Trinajstić information content (AvgIpc) is 3.28. The van der Waals surface area contributed by atoms with E-state index in [0.29, 0.717) is 17.9 Å². The number of aromatic nitrogens is 1. The number of carbonyl (C=O) groups is 2. The maximum absolute atomic E-state index is 12.7. The largest absolute Gasteiger partial charge is 0.487 e. The fraction of sp³-hybridized carbons (Fsp3) is 0.269. The molecule has 1 aliphatic rings. The third-order valence-electron chi connectivity index (χ3n) is 5.39. The van der Waals surface area contributed by atoms with Gasteiger partial charge in [-0.05, 0) is 61.4 Å². The van der Waals surface area contributed by atoms with Gasteiger partial charge in [-0.2, -0.15) is 11.8 Å². The molecule has 1 aromatic heterocycles. The third-order valence-corrected chi connectivity index (χ3v) is 7.15. The molecule has 176 valence electrons. The number of anilines is 1. The van der Waals surface area contributed by atoms with E-state index in [9.17, 15) is 9.59 Å². The second-order valence-electron chi connectivity index (χ2n) is 7.97. The highest BCUT2D eigenvalue weighted by Crippen LogP contribution is 2.20. The van der Waals surface area contributed by atoms with E-state index in [4.69, 9.17) is 4.74 Å². The summed E-state index contributed by atoms with van der Waals surface area (Å²) in [6.07, 6.45) is 3.25. The Kier molecular flexibility index (Phi) is 8.03. The smallest absolute Gasteiger partial charge is 0.253 e. The summed E-state index contributed by atoms with van der Waals surface area (Å²) >= 11 is 3.48. The van der Waals surface area contributed by atoms with Gasteiger partial charge in [0.1, 0.15) is 12.4 Å². The number of carbonyl (C=O) groups excluding carboxylic acids is 2. The van der Waals surface area contributed by atoms with Crippen molar-refractivity contribution in [3.05, 3.63) is 81.3 Å². The summed E-state index contributed by atoms with van der Waals surface area (Å²) < 4.78 is 5.76. The lowest BCUT2D eigenvalue weighted by atomic mass is 10.1. The molecule has 0 unspecified atom stereocenters. The highest BCUT2D eigenvalue weighted by atomic mass is 32.2. The number of hydrogen-bond donors (Lipinski definition) is 1. The number of nitrogens with zero attached hydrogens (tertiary/aromatic N) is 2. The molecule has 4 rings (SSSR count). The van der Waals surface area contributed by atoms with Crippen molar-refractivity contribution in [1.29, 1.82) is 0 Å². The van der Waals surface area contributed by atoms with Gasteiger partial charge >= 0.3 is 0 Å². The average molecular weight is 494 g/mol. The van der Waals surface area contributed by atoms with Crippen LogP contribution < -0.4 is 10.1 Å². The molecule has 6 nitrogen and oxygen atoms in total. The fourth-order valence-corrected chi connectivity index (χ4v) is 5.04. The molecule has 0 saturated carbocycles. The van der Waals surface area contributed by atoms with E-state index in [-0.39, 0.29) is 11.8 Å². The quantitative estimate of drug-likeness (QED) is 0.459. The number of thiazole rings is 1.